The van der Waals surface area contributed by atoms with Crippen LogP contribution < -0.4 is 5.32 Å². The van der Waals surface area contributed by atoms with Crippen LogP contribution in [0, 0.1) is 0 Å². The van der Waals surface area contributed by atoms with Crippen LogP contribution in [0.25, 0.3) is 0 Å². The van der Waals surface area contributed by atoms with Gasteiger partial charge in [-0.3, -0.25) is 0 Å². The van der Waals surface area contributed by atoms with Crippen molar-refractivity contribution in [1.82, 2.24) is 5.32 Å². The van der Waals surface area contributed by atoms with Gasteiger partial charge in [0.1, 0.15) is 6.61 Å². The van der Waals surface area contributed by atoms with Crippen LogP contribution in [0.2, 0.25) is 5.02 Å². The number of hydrogen-bond acceptors (Lipinski definition) is 2. The summed E-state index contributed by atoms with van der Waals surface area (Å²) in [4.78, 5) is 0. The average Bonchev–Trinajstić information content (AvgIpc) is 2.39. The Labute approximate surface area is 118 Å². The molecule has 0 fully saturated rings. The SMILES string of the molecule is CCCNC(CCOCC(F)F)c1ccccc1Cl. The third-order valence-electron chi connectivity index (χ3n) is 2.72. The summed E-state index contributed by atoms with van der Waals surface area (Å²) in [6.07, 6.45) is -0.794. The third-order valence-corrected chi connectivity index (χ3v) is 3.06. The summed E-state index contributed by atoms with van der Waals surface area (Å²) in [5, 5.41) is 4.05. The van der Waals surface area contributed by atoms with E-state index in [-0.39, 0.29) is 12.6 Å². The highest BCUT2D eigenvalue weighted by molar-refractivity contribution is 6.31. The van der Waals surface area contributed by atoms with Crippen LogP contribution in [0.15, 0.2) is 24.3 Å². The lowest BCUT2D eigenvalue weighted by atomic mass is 10.0. The zero-order valence-electron chi connectivity index (χ0n) is 11.0. The summed E-state index contributed by atoms with van der Waals surface area (Å²) in [5.74, 6) is 0. The molecule has 0 saturated heterocycles. The number of benzene rings is 1. The van der Waals surface area contributed by atoms with Gasteiger partial charge in [0.15, 0.2) is 0 Å². The minimum Gasteiger partial charge on any atom is -0.375 e. The summed E-state index contributed by atoms with van der Waals surface area (Å²) in [6, 6.07) is 7.60. The second-order valence-corrected chi connectivity index (χ2v) is 4.69. The molecule has 1 aromatic rings. The first-order chi connectivity index (χ1) is 9.15. The number of ether oxygens (including phenoxy) is 1. The lowest BCUT2D eigenvalue weighted by Crippen LogP contribution is -2.24. The standard InChI is InChI=1S/C14H20ClF2NO/c1-2-8-18-13(7-9-19-10-14(16)17)11-5-3-4-6-12(11)15/h3-6,13-14,18H,2,7-10H2,1H3. The second kappa shape index (κ2) is 9.23. The van der Waals surface area contributed by atoms with Gasteiger partial charge in [-0.1, -0.05) is 36.7 Å². The molecule has 5 heteroatoms. The Balaban J connectivity index is 2.54. The Morgan fingerprint density at radius 2 is 2.05 bits per heavy atom. The van der Waals surface area contributed by atoms with E-state index in [0.29, 0.717) is 11.4 Å². The van der Waals surface area contributed by atoms with Gasteiger partial charge < -0.3 is 10.1 Å². The molecule has 0 bridgehead atoms. The molecule has 108 valence electrons. The molecule has 0 aliphatic heterocycles. The van der Waals surface area contributed by atoms with Crippen LogP contribution in [0.3, 0.4) is 0 Å². The molecule has 0 aliphatic carbocycles. The van der Waals surface area contributed by atoms with Gasteiger partial charge in [-0.15, -0.1) is 0 Å². The first-order valence-corrected chi connectivity index (χ1v) is 6.86. The Kier molecular flexibility index (Phi) is 7.94. The van der Waals surface area contributed by atoms with Crippen molar-refractivity contribution in [3.05, 3.63) is 34.9 Å². The van der Waals surface area contributed by atoms with E-state index in [1.54, 1.807) is 0 Å². The van der Waals surface area contributed by atoms with Crippen LogP contribution in [-0.4, -0.2) is 26.2 Å². The zero-order chi connectivity index (χ0) is 14.1. The highest BCUT2D eigenvalue weighted by Crippen LogP contribution is 2.25. The van der Waals surface area contributed by atoms with Crippen molar-refractivity contribution in [3.8, 4) is 0 Å². The molecule has 0 radical (unpaired) electrons. The molecule has 1 atom stereocenters. The topological polar surface area (TPSA) is 21.3 Å². The van der Waals surface area contributed by atoms with E-state index >= 15 is 0 Å². The van der Waals surface area contributed by atoms with Gasteiger partial charge in [0.2, 0.25) is 0 Å². The number of alkyl halides is 2. The van der Waals surface area contributed by atoms with Crippen molar-refractivity contribution in [3.63, 3.8) is 0 Å². The van der Waals surface area contributed by atoms with Gasteiger partial charge in [0.05, 0.1) is 0 Å². The van der Waals surface area contributed by atoms with Gasteiger partial charge >= 0.3 is 0 Å². The molecule has 0 heterocycles. The van der Waals surface area contributed by atoms with Crippen LogP contribution in [0.1, 0.15) is 31.4 Å². The third kappa shape index (κ3) is 6.32. The smallest absolute Gasteiger partial charge is 0.261 e. The molecule has 0 amide bonds. The second-order valence-electron chi connectivity index (χ2n) is 4.28. The van der Waals surface area contributed by atoms with Crippen molar-refractivity contribution in [2.45, 2.75) is 32.2 Å². The van der Waals surface area contributed by atoms with Gasteiger partial charge in [-0.2, -0.15) is 0 Å². The van der Waals surface area contributed by atoms with E-state index in [4.69, 9.17) is 16.3 Å². The van der Waals surface area contributed by atoms with Crippen LogP contribution in [0.5, 0.6) is 0 Å². The number of halogens is 3. The maximum Gasteiger partial charge on any atom is 0.261 e. The molecule has 0 spiro atoms. The Morgan fingerprint density at radius 1 is 1.32 bits per heavy atom. The van der Waals surface area contributed by atoms with Crippen LogP contribution in [-0.2, 0) is 4.74 Å². The maximum absolute atomic E-state index is 12.0. The monoisotopic (exact) mass is 291 g/mol. The fourth-order valence-electron chi connectivity index (χ4n) is 1.82. The number of rotatable bonds is 9. The van der Waals surface area contributed by atoms with Gasteiger partial charge in [-0.25, -0.2) is 8.78 Å². The largest absolute Gasteiger partial charge is 0.375 e. The minimum atomic E-state index is -2.41. The van der Waals surface area contributed by atoms with Crippen molar-refractivity contribution >= 4 is 11.6 Å². The van der Waals surface area contributed by atoms with E-state index in [1.165, 1.54) is 0 Å². The zero-order valence-corrected chi connectivity index (χ0v) is 11.8. The van der Waals surface area contributed by atoms with Gasteiger partial charge in [-0.05, 0) is 31.0 Å². The molecule has 2 nitrogen and oxygen atoms in total. The Hall–Kier alpha value is -0.710. The highest BCUT2D eigenvalue weighted by atomic mass is 35.5. The molecule has 19 heavy (non-hydrogen) atoms. The lowest BCUT2D eigenvalue weighted by molar-refractivity contribution is 0.0144. The molecular weight excluding hydrogens is 272 g/mol. The number of nitrogens with one attached hydrogen (secondary N) is 1. The van der Waals surface area contributed by atoms with E-state index in [1.807, 2.05) is 24.3 Å². The molecule has 1 N–H and O–H groups in total. The molecule has 0 saturated carbocycles. The summed E-state index contributed by atoms with van der Waals surface area (Å²) < 4.78 is 28.9. The van der Waals surface area contributed by atoms with E-state index in [0.717, 1.165) is 18.5 Å². The Bertz CT molecular complexity index is 363. The highest BCUT2D eigenvalue weighted by Gasteiger charge is 2.14. The molecular formula is C14H20ClF2NO. The Morgan fingerprint density at radius 3 is 2.68 bits per heavy atom. The van der Waals surface area contributed by atoms with Crippen LogP contribution in [0.4, 0.5) is 8.78 Å². The van der Waals surface area contributed by atoms with Gasteiger partial charge in [0, 0.05) is 17.7 Å². The summed E-state index contributed by atoms with van der Waals surface area (Å²) in [5.41, 5.74) is 0.985. The van der Waals surface area contributed by atoms with Crippen LogP contribution >= 0.6 is 11.6 Å². The lowest BCUT2D eigenvalue weighted by Gasteiger charge is -2.20. The van der Waals surface area contributed by atoms with E-state index in [2.05, 4.69) is 12.2 Å². The first kappa shape index (κ1) is 16.3. The predicted octanol–water partition coefficient (Wildman–Crippen LogP) is 4.05. The molecule has 1 aromatic carbocycles. The normalized spacial score (nSPS) is 12.9. The summed E-state index contributed by atoms with van der Waals surface area (Å²) in [6.45, 7) is 2.70. The fraction of sp³-hybridized carbons (Fsp3) is 0.571. The molecule has 0 aromatic heterocycles. The fourth-order valence-corrected chi connectivity index (χ4v) is 2.08. The van der Waals surface area contributed by atoms with E-state index in [9.17, 15) is 8.78 Å². The first-order valence-electron chi connectivity index (χ1n) is 6.48. The molecule has 1 unspecified atom stereocenters. The predicted molar refractivity (Wildman–Crippen MR) is 73.9 cm³/mol. The number of hydrogen-bond donors (Lipinski definition) is 1. The maximum atomic E-state index is 12.0. The van der Waals surface area contributed by atoms with Crippen molar-refractivity contribution < 1.29 is 13.5 Å². The van der Waals surface area contributed by atoms with Crippen molar-refractivity contribution in [1.29, 1.82) is 0 Å². The summed E-state index contributed by atoms with van der Waals surface area (Å²) >= 11 is 6.16. The molecule has 0 aliphatic rings. The van der Waals surface area contributed by atoms with Crippen molar-refractivity contribution in [2.75, 3.05) is 19.8 Å². The minimum absolute atomic E-state index is 0.0336. The summed E-state index contributed by atoms with van der Waals surface area (Å²) in [7, 11) is 0. The quantitative estimate of drug-likeness (QED) is 0.693. The van der Waals surface area contributed by atoms with Crippen molar-refractivity contribution in [2.24, 2.45) is 0 Å². The average molecular weight is 292 g/mol. The van der Waals surface area contributed by atoms with Gasteiger partial charge in [0.25, 0.3) is 6.43 Å². The van der Waals surface area contributed by atoms with E-state index < -0.39 is 13.0 Å². The molecule has 1 rings (SSSR count).